The summed E-state index contributed by atoms with van der Waals surface area (Å²) < 4.78 is 0. The van der Waals surface area contributed by atoms with Crippen molar-refractivity contribution < 1.29 is 24.9 Å². The molecule has 8 N–H and O–H groups in total. The molecule has 0 spiro atoms. The molecule has 2 aliphatic heterocycles. The number of rotatable bonds is 10. The Morgan fingerprint density at radius 1 is 1.50 bits per heavy atom. The largest absolute Gasteiger partial charge is 0.477 e. The molecule has 2 heterocycles. The van der Waals surface area contributed by atoms with Crippen LogP contribution in [0.1, 0.15) is 19.8 Å². The van der Waals surface area contributed by atoms with Crippen molar-refractivity contribution in [3.63, 3.8) is 0 Å². The van der Waals surface area contributed by atoms with Crippen LogP contribution in [0, 0.1) is 17.2 Å². The number of fused-ring (bicyclic) bond motifs is 1. The molecular formula is C15H25N5O5S. The highest BCUT2D eigenvalue weighted by Crippen LogP contribution is 2.52. The summed E-state index contributed by atoms with van der Waals surface area (Å²) in [5.74, 6) is -2.25. The number of thioether (sulfide) groups is 1. The van der Waals surface area contributed by atoms with Gasteiger partial charge in [0.05, 0.1) is 24.7 Å². The molecule has 1 saturated heterocycles. The minimum atomic E-state index is -1.17. The van der Waals surface area contributed by atoms with Crippen molar-refractivity contribution in [1.29, 1.82) is 5.41 Å². The van der Waals surface area contributed by atoms with Gasteiger partial charge < -0.3 is 26.0 Å². The van der Waals surface area contributed by atoms with Crippen LogP contribution in [0.3, 0.4) is 0 Å². The number of carboxylic acids is 1. The van der Waals surface area contributed by atoms with Gasteiger partial charge in [-0.15, -0.1) is 11.8 Å². The number of aliphatic carboxylic acids is 1. The van der Waals surface area contributed by atoms with E-state index in [2.05, 4.69) is 10.9 Å². The number of hydrazine groups is 1. The first-order valence-electron chi connectivity index (χ1n) is 8.36. The van der Waals surface area contributed by atoms with E-state index in [-0.39, 0.29) is 36.1 Å². The number of nitrogens with zero attached hydrogens (tertiary/aromatic N) is 1. The van der Waals surface area contributed by atoms with E-state index in [0.29, 0.717) is 30.0 Å². The maximum absolute atomic E-state index is 12.4. The molecule has 0 aliphatic carbocycles. The van der Waals surface area contributed by atoms with Crippen LogP contribution in [0.15, 0.2) is 10.6 Å². The van der Waals surface area contributed by atoms with Crippen molar-refractivity contribution >= 4 is 29.6 Å². The topological polar surface area (TPSA) is 172 Å². The number of carbonyl (C=O) groups excluding carboxylic acids is 1. The molecular weight excluding hydrogens is 362 g/mol. The van der Waals surface area contributed by atoms with Gasteiger partial charge in [0.25, 0.3) is 0 Å². The fourth-order valence-electron chi connectivity index (χ4n) is 3.57. The highest BCUT2D eigenvalue weighted by Gasteiger charge is 2.60. The SMILES string of the molecule is C[C@@H](O)C1C(=O)N2C(C(=O)O)=C(SCCO)C(CCCNNC(=N)N)C12. The van der Waals surface area contributed by atoms with E-state index in [9.17, 15) is 19.8 Å². The summed E-state index contributed by atoms with van der Waals surface area (Å²) in [6.45, 7) is 1.93. The lowest BCUT2D eigenvalue weighted by Gasteiger charge is -2.47. The summed E-state index contributed by atoms with van der Waals surface area (Å²) in [5, 5.41) is 35.7. The summed E-state index contributed by atoms with van der Waals surface area (Å²) in [5.41, 5.74) is 10.4. The lowest BCUT2D eigenvalue weighted by atomic mass is 9.77. The van der Waals surface area contributed by atoms with Crippen molar-refractivity contribution in [1.82, 2.24) is 15.8 Å². The fourth-order valence-corrected chi connectivity index (χ4v) is 4.68. The Labute approximate surface area is 155 Å². The molecule has 1 fully saturated rings. The van der Waals surface area contributed by atoms with E-state index in [0.717, 1.165) is 0 Å². The Morgan fingerprint density at radius 3 is 2.73 bits per heavy atom. The maximum atomic E-state index is 12.4. The molecule has 10 nitrogen and oxygen atoms in total. The van der Waals surface area contributed by atoms with Crippen molar-refractivity contribution in [2.75, 3.05) is 18.9 Å². The molecule has 3 unspecified atom stereocenters. The maximum Gasteiger partial charge on any atom is 0.353 e. The third kappa shape index (κ3) is 3.95. The standard InChI is InChI=1S/C15H25N5O5S/c1-7(22)9-10-8(3-2-4-18-19-15(16)17)12(26-6-5-21)11(14(24)25)20(10)13(9)23/h7-10,18,21-22H,2-6H2,1H3,(H,24,25)(H4,16,17,19)/t7-,8?,9?,10?/m1/s1. The minimum Gasteiger partial charge on any atom is -0.477 e. The molecule has 0 aromatic rings. The van der Waals surface area contributed by atoms with Crippen LogP contribution in [0.4, 0.5) is 0 Å². The average molecular weight is 387 g/mol. The first kappa shape index (κ1) is 20.5. The highest BCUT2D eigenvalue weighted by atomic mass is 32.2. The van der Waals surface area contributed by atoms with Crippen molar-refractivity contribution in [3.05, 3.63) is 10.6 Å². The van der Waals surface area contributed by atoms with Gasteiger partial charge >= 0.3 is 5.97 Å². The Hall–Kier alpha value is -1.82. The Morgan fingerprint density at radius 2 is 2.19 bits per heavy atom. The number of aliphatic hydroxyl groups is 2. The fraction of sp³-hybridized carbons (Fsp3) is 0.667. The number of carbonyl (C=O) groups is 2. The summed E-state index contributed by atoms with van der Waals surface area (Å²) in [6.07, 6.45) is 0.377. The second-order valence-corrected chi connectivity index (χ2v) is 7.41. The molecule has 26 heavy (non-hydrogen) atoms. The first-order chi connectivity index (χ1) is 12.3. The van der Waals surface area contributed by atoms with Crippen molar-refractivity contribution in [3.8, 4) is 0 Å². The van der Waals surface area contributed by atoms with E-state index < -0.39 is 18.0 Å². The highest BCUT2D eigenvalue weighted by molar-refractivity contribution is 8.03. The smallest absolute Gasteiger partial charge is 0.353 e. The zero-order chi connectivity index (χ0) is 19.4. The molecule has 11 heteroatoms. The second kappa shape index (κ2) is 8.71. The Balaban J connectivity index is 2.17. The van der Waals surface area contributed by atoms with E-state index in [1.54, 1.807) is 0 Å². The van der Waals surface area contributed by atoms with Gasteiger partial charge in [0, 0.05) is 23.1 Å². The first-order valence-corrected chi connectivity index (χ1v) is 9.35. The van der Waals surface area contributed by atoms with Crippen LogP contribution < -0.4 is 16.6 Å². The number of nitrogens with one attached hydrogen (secondary N) is 3. The number of hydrogen-bond donors (Lipinski definition) is 7. The zero-order valence-corrected chi connectivity index (χ0v) is 15.3. The normalized spacial score (nSPS) is 25.7. The van der Waals surface area contributed by atoms with Gasteiger partial charge in [-0.05, 0) is 19.8 Å². The minimum absolute atomic E-state index is 0.0322. The van der Waals surface area contributed by atoms with E-state index in [4.69, 9.17) is 16.2 Å². The van der Waals surface area contributed by atoms with Gasteiger partial charge in [-0.25, -0.2) is 10.2 Å². The molecule has 0 bridgehead atoms. The number of aliphatic hydroxyl groups excluding tert-OH is 2. The summed E-state index contributed by atoms with van der Waals surface area (Å²) >= 11 is 1.24. The van der Waals surface area contributed by atoms with Gasteiger partial charge in [0.1, 0.15) is 5.70 Å². The number of carboxylic acid groups (broad SMARTS) is 1. The summed E-state index contributed by atoms with van der Waals surface area (Å²) in [4.78, 5) is 26.0. The summed E-state index contributed by atoms with van der Waals surface area (Å²) in [7, 11) is 0. The quantitative estimate of drug-likeness (QED) is 0.0783. The van der Waals surface area contributed by atoms with Crippen LogP contribution in [-0.4, -0.2) is 69.1 Å². The van der Waals surface area contributed by atoms with Crippen LogP contribution in [-0.2, 0) is 9.59 Å². The predicted octanol–water partition coefficient (Wildman–Crippen LogP) is -1.39. The Bertz CT molecular complexity index is 611. The van der Waals surface area contributed by atoms with Gasteiger partial charge in [0.15, 0.2) is 5.96 Å². The van der Waals surface area contributed by atoms with Gasteiger partial charge in [0.2, 0.25) is 5.91 Å². The number of amides is 1. The number of β-lactam (4-membered cyclic amide) rings is 1. The van der Waals surface area contributed by atoms with Gasteiger partial charge in [-0.1, -0.05) is 0 Å². The third-order valence-electron chi connectivity index (χ3n) is 4.52. The van der Waals surface area contributed by atoms with Crippen LogP contribution >= 0.6 is 11.8 Å². The lowest BCUT2D eigenvalue weighted by Crippen LogP contribution is -2.63. The Kier molecular flexibility index (Phi) is 6.87. The molecule has 2 rings (SSSR count). The molecule has 1 amide bonds. The van der Waals surface area contributed by atoms with Gasteiger partial charge in [-0.3, -0.25) is 15.6 Å². The third-order valence-corrected chi connectivity index (χ3v) is 5.72. The van der Waals surface area contributed by atoms with Crippen molar-refractivity contribution in [2.45, 2.75) is 31.9 Å². The molecule has 146 valence electrons. The van der Waals surface area contributed by atoms with E-state index >= 15 is 0 Å². The molecule has 0 aromatic heterocycles. The van der Waals surface area contributed by atoms with E-state index in [1.807, 2.05) is 0 Å². The average Bonchev–Trinajstić information content (AvgIpc) is 2.82. The van der Waals surface area contributed by atoms with E-state index in [1.165, 1.54) is 23.6 Å². The van der Waals surface area contributed by atoms with Crippen LogP contribution in [0.2, 0.25) is 0 Å². The molecule has 0 radical (unpaired) electrons. The molecule has 0 aromatic carbocycles. The number of hydrogen-bond acceptors (Lipinski definition) is 7. The monoisotopic (exact) mass is 387 g/mol. The zero-order valence-electron chi connectivity index (χ0n) is 14.4. The predicted molar refractivity (Wildman–Crippen MR) is 95.8 cm³/mol. The van der Waals surface area contributed by atoms with Crippen LogP contribution in [0.25, 0.3) is 0 Å². The van der Waals surface area contributed by atoms with Gasteiger partial charge in [-0.2, -0.15) is 0 Å². The van der Waals surface area contributed by atoms with Crippen molar-refractivity contribution in [2.24, 2.45) is 17.6 Å². The molecule has 2 aliphatic rings. The second-order valence-electron chi connectivity index (χ2n) is 6.27. The number of guanidine groups is 1. The number of nitrogens with two attached hydrogens (primary N) is 1. The molecule has 4 atom stereocenters. The van der Waals surface area contributed by atoms with Crippen LogP contribution in [0.5, 0.6) is 0 Å². The molecule has 0 saturated carbocycles. The summed E-state index contributed by atoms with van der Waals surface area (Å²) in [6, 6.07) is -0.379. The lowest BCUT2D eigenvalue weighted by molar-refractivity contribution is -0.163.